The lowest BCUT2D eigenvalue weighted by molar-refractivity contribution is -0.124. The zero-order chi connectivity index (χ0) is 33.1. The zero-order valence-corrected chi connectivity index (χ0v) is 28.8. The fourth-order valence-electron chi connectivity index (χ4n) is 5.56. The quantitative estimate of drug-likeness (QED) is 0.124. The first-order valence-corrected chi connectivity index (χ1v) is 19.1. The van der Waals surface area contributed by atoms with Crippen LogP contribution in [-0.4, -0.2) is 31.1 Å². The van der Waals surface area contributed by atoms with Crippen molar-refractivity contribution in [2.45, 2.75) is 89.6 Å². The van der Waals surface area contributed by atoms with E-state index >= 15 is 0 Å². The van der Waals surface area contributed by atoms with Crippen molar-refractivity contribution in [2.75, 3.05) is 0 Å². The van der Waals surface area contributed by atoms with Crippen molar-refractivity contribution in [3.63, 3.8) is 0 Å². The second-order valence-corrected chi connectivity index (χ2v) is 18.7. The number of hydrogen-bond donors (Lipinski definition) is 1. The first kappa shape index (κ1) is 33.4. The smallest absolute Gasteiger partial charge is 0.223 e. The van der Waals surface area contributed by atoms with E-state index in [-0.39, 0.29) is 41.4 Å². The first-order valence-electron chi connectivity index (χ1n) is 16.2. The minimum absolute atomic E-state index is 0.0851. The predicted octanol–water partition coefficient (Wildman–Crippen LogP) is 9.55. The van der Waals surface area contributed by atoms with E-state index in [4.69, 9.17) is 9.41 Å². The summed E-state index contributed by atoms with van der Waals surface area (Å²) in [6.45, 7) is 12.7. The third-order valence-electron chi connectivity index (χ3n) is 9.28. The molecule has 0 spiro atoms. The van der Waals surface area contributed by atoms with Crippen LogP contribution in [0.5, 0.6) is 0 Å². The Hall–Kier alpha value is -3.94. The van der Waals surface area contributed by atoms with Crippen LogP contribution >= 0.6 is 0 Å². The van der Waals surface area contributed by atoms with Gasteiger partial charge in [0.25, 0.3) is 0 Å². The maximum Gasteiger partial charge on any atom is 0.223 e. The number of hydrogen-bond acceptors (Lipinski definition) is 4. The molecule has 1 aliphatic carbocycles. The van der Waals surface area contributed by atoms with Gasteiger partial charge in [-0.2, -0.15) is 0 Å². The van der Waals surface area contributed by atoms with Crippen molar-refractivity contribution in [1.82, 2.24) is 10.3 Å². The molecule has 1 amide bonds. The Labute approximate surface area is 273 Å². The number of halogens is 1. The van der Waals surface area contributed by atoms with Crippen molar-refractivity contribution in [3.8, 4) is 11.1 Å². The molecule has 1 aliphatic rings. The van der Waals surface area contributed by atoms with E-state index in [1.165, 1.54) is 12.1 Å². The number of rotatable bonds is 12. The van der Waals surface area contributed by atoms with E-state index in [1.54, 1.807) is 18.2 Å². The Balaban J connectivity index is 1.43. The minimum atomic E-state index is -2.29. The largest absolute Gasteiger partial charge is 0.413 e. The number of benzene rings is 3. The maximum atomic E-state index is 13.9. The number of aromatic nitrogens is 1. The lowest BCUT2D eigenvalue weighted by atomic mass is 9.92. The number of fused-ring (bicyclic) bond motifs is 1. The fraction of sp³-hybridized carbons (Fsp3) is 0.359. The number of ketones is 1. The standard InChI is InChI=1S/C39H45FN2O3Si/c1-26(27-12-8-7-9-13-27)41-36(44)25-32(45-46(5,6)39(2,3)4)24-31(43)22-23-34-37(28-18-20-30(40)21-19-28)33-14-10-11-15-35(33)42-38(34)29-16-17-29/h7-15,18-23,26,29,32H,16-17,24-25H2,1-6H3,(H,41,44)/b23-22+/t26-,32+/m0/s1. The second kappa shape index (κ2) is 13.8. The summed E-state index contributed by atoms with van der Waals surface area (Å²) in [4.78, 5) is 32.0. The van der Waals surface area contributed by atoms with Crippen LogP contribution in [0.2, 0.25) is 18.1 Å². The number of carbonyl (C=O) groups is 2. The molecule has 2 atom stereocenters. The summed E-state index contributed by atoms with van der Waals surface area (Å²) >= 11 is 0. The number of nitrogens with zero attached hydrogens (tertiary/aromatic N) is 1. The van der Waals surface area contributed by atoms with E-state index in [9.17, 15) is 14.0 Å². The molecule has 0 saturated heterocycles. The second-order valence-electron chi connectivity index (χ2n) is 14.0. The summed E-state index contributed by atoms with van der Waals surface area (Å²) in [6, 6.07) is 24.1. The number of allylic oxidation sites excluding steroid dienone is 1. The van der Waals surface area contributed by atoms with Crippen LogP contribution in [0.3, 0.4) is 0 Å². The summed E-state index contributed by atoms with van der Waals surface area (Å²) < 4.78 is 20.6. The molecule has 1 N–H and O–H groups in total. The highest BCUT2D eigenvalue weighted by Crippen LogP contribution is 2.45. The molecule has 5 rings (SSSR count). The highest BCUT2D eigenvalue weighted by molar-refractivity contribution is 6.74. The van der Waals surface area contributed by atoms with Gasteiger partial charge in [-0.3, -0.25) is 14.6 Å². The van der Waals surface area contributed by atoms with Crippen molar-refractivity contribution in [1.29, 1.82) is 0 Å². The Morgan fingerprint density at radius 2 is 1.63 bits per heavy atom. The van der Waals surface area contributed by atoms with Crippen molar-refractivity contribution >= 4 is 37.0 Å². The molecular weight excluding hydrogens is 592 g/mol. The molecule has 0 bridgehead atoms. The highest BCUT2D eigenvalue weighted by atomic mass is 28.4. The number of pyridine rings is 1. The van der Waals surface area contributed by atoms with Gasteiger partial charge in [0.05, 0.1) is 29.8 Å². The van der Waals surface area contributed by atoms with Gasteiger partial charge in [-0.1, -0.05) is 81.4 Å². The molecule has 1 saturated carbocycles. The van der Waals surface area contributed by atoms with E-state index in [0.717, 1.165) is 51.7 Å². The Kier molecular flexibility index (Phi) is 10.0. The fourth-order valence-corrected chi connectivity index (χ4v) is 6.91. The van der Waals surface area contributed by atoms with Gasteiger partial charge in [0.15, 0.2) is 14.1 Å². The summed E-state index contributed by atoms with van der Waals surface area (Å²) in [6.07, 6.45) is 5.18. The molecule has 4 aromatic rings. The molecule has 240 valence electrons. The summed E-state index contributed by atoms with van der Waals surface area (Å²) in [7, 11) is -2.29. The SMILES string of the molecule is C[C@H](NC(=O)C[C@@H](CC(=O)/C=C/c1c(C2CC2)nc2ccccc2c1-c1ccc(F)cc1)O[Si](C)(C)C(C)(C)C)c1ccccc1. The van der Waals surface area contributed by atoms with E-state index < -0.39 is 14.4 Å². The lowest BCUT2D eigenvalue weighted by Crippen LogP contribution is -2.45. The van der Waals surface area contributed by atoms with Gasteiger partial charge in [0, 0.05) is 28.9 Å². The van der Waals surface area contributed by atoms with Crippen LogP contribution in [0.4, 0.5) is 4.39 Å². The van der Waals surface area contributed by atoms with Crippen LogP contribution in [0.15, 0.2) is 84.9 Å². The van der Waals surface area contributed by atoms with Crippen molar-refractivity contribution in [2.24, 2.45) is 0 Å². The van der Waals surface area contributed by atoms with Crippen molar-refractivity contribution in [3.05, 3.63) is 108 Å². The van der Waals surface area contributed by atoms with E-state index in [0.29, 0.717) is 5.92 Å². The molecule has 7 heteroatoms. The number of para-hydroxylation sites is 1. The first-order chi connectivity index (χ1) is 21.8. The zero-order valence-electron chi connectivity index (χ0n) is 27.8. The van der Waals surface area contributed by atoms with Gasteiger partial charge in [-0.25, -0.2) is 4.39 Å². The van der Waals surface area contributed by atoms with E-state index in [2.05, 4.69) is 39.2 Å². The third kappa shape index (κ3) is 8.06. The summed E-state index contributed by atoms with van der Waals surface area (Å²) in [5.41, 5.74) is 5.56. The van der Waals surface area contributed by atoms with Gasteiger partial charge in [-0.15, -0.1) is 0 Å². The molecule has 1 aromatic heterocycles. The van der Waals surface area contributed by atoms with Gasteiger partial charge < -0.3 is 9.74 Å². The Morgan fingerprint density at radius 3 is 2.28 bits per heavy atom. The number of amides is 1. The molecule has 0 radical (unpaired) electrons. The molecule has 3 aromatic carbocycles. The molecule has 0 unspecified atom stereocenters. The van der Waals surface area contributed by atoms with Gasteiger partial charge in [0.1, 0.15) is 5.82 Å². The Morgan fingerprint density at radius 1 is 0.978 bits per heavy atom. The van der Waals surface area contributed by atoms with Crippen LogP contribution in [0.25, 0.3) is 28.1 Å². The molecule has 1 heterocycles. The van der Waals surface area contributed by atoms with Crippen LogP contribution in [0.1, 0.15) is 82.2 Å². The minimum Gasteiger partial charge on any atom is -0.413 e. The topological polar surface area (TPSA) is 68.3 Å². The molecular formula is C39H45FN2O3Si. The Bertz CT molecular complexity index is 1720. The molecule has 5 nitrogen and oxygen atoms in total. The highest BCUT2D eigenvalue weighted by Gasteiger charge is 2.40. The molecule has 0 aliphatic heterocycles. The van der Waals surface area contributed by atoms with Crippen molar-refractivity contribution < 1.29 is 18.4 Å². The summed E-state index contributed by atoms with van der Waals surface area (Å²) in [5.74, 6) is -0.243. The molecule has 46 heavy (non-hydrogen) atoms. The normalized spacial score (nSPS) is 15.2. The maximum absolute atomic E-state index is 13.9. The predicted molar refractivity (Wildman–Crippen MR) is 187 cm³/mol. The molecule has 1 fully saturated rings. The summed E-state index contributed by atoms with van der Waals surface area (Å²) in [5, 5.41) is 3.96. The average molecular weight is 637 g/mol. The van der Waals surface area contributed by atoms with Crippen LogP contribution < -0.4 is 5.32 Å². The lowest BCUT2D eigenvalue weighted by Gasteiger charge is -2.39. The van der Waals surface area contributed by atoms with Gasteiger partial charge in [-0.05, 0) is 79.4 Å². The van der Waals surface area contributed by atoms with Gasteiger partial charge >= 0.3 is 0 Å². The van der Waals surface area contributed by atoms with E-state index in [1.807, 2.05) is 67.6 Å². The third-order valence-corrected chi connectivity index (χ3v) is 13.8. The number of nitrogens with one attached hydrogen (secondary N) is 1. The number of carbonyl (C=O) groups excluding carboxylic acids is 2. The average Bonchev–Trinajstić information content (AvgIpc) is 3.85. The van der Waals surface area contributed by atoms with Crippen LogP contribution in [-0.2, 0) is 14.0 Å². The monoisotopic (exact) mass is 636 g/mol. The van der Waals surface area contributed by atoms with Crippen LogP contribution in [0, 0.1) is 5.82 Å². The van der Waals surface area contributed by atoms with Gasteiger partial charge in [0.2, 0.25) is 5.91 Å².